The predicted molar refractivity (Wildman–Crippen MR) is 95.6 cm³/mol. The number of nitrogens with one attached hydrogen (secondary N) is 1. The number of amides is 1. The van der Waals surface area contributed by atoms with Crippen LogP contribution in [0.4, 0.5) is 0 Å². The minimum atomic E-state index is -0.564. The highest BCUT2D eigenvalue weighted by Gasteiger charge is 2.18. The van der Waals surface area contributed by atoms with E-state index in [1.165, 1.54) is 0 Å². The van der Waals surface area contributed by atoms with Gasteiger partial charge in [0.2, 0.25) is 0 Å². The van der Waals surface area contributed by atoms with Gasteiger partial charge < -0.3 is 14.8 Å². The summed E-state index contributed by atoms with van der Waals surface area (Å²) in [6, 6.07) is 13.4. The molecule has 0 aliphatic carbocycles. The molecule has 0 spiro atoms. The van der Waals surface area contributed by atoms with Crippen LogP contribution in [0.25, 0.3) is 0 Å². The van der Waals surface area contributed by atoms with Gasteiger partial charge in [-0.2, -0.15) is 0 Å². The van der Waals surface area contributed by atoms with Gasteiger partial charge >= 0.3 is 0 Å². The second kappa shape index (κ2) is 7.86. The summed E-state index contributed by atoms with van der Waals surface area (Å²) in [4.78, 5) is 12.4. The highest BCUT2D eigenvalue weighted by Crippen LogP contribution is 2.22. The number of aryl methyl sites for hydroxylation is 1. The fraction of sp³-hybridized carbons (Fsp3) is 0.350. The van der Waals surface area contributed by atoms with Crippen LogP contribution in [-0.2, 0) is 4.79 Å². The van der Waals surface area contributed by atoms with E-state index in [2.05, 4.69) is 5.32 Å². The summed E-state index contributed by atoms with van der Waals surface area (Å²) in [5.41, 5.74) is 3.22. The first-order valence-electron chi connectivity index (χ1n) is 8.09. The van der Waals surface area contributed by atoms with Crippen molar-refractivity contribution >= 4 is 5.91 Å². The van der Waals surface area contributed by atoms with Crippen LogP contribution in [0.5, 0.6) is 11.5 Å². The molecular formula is C20H25NO3. The van der Waals surface area contributed by atoms with Crippen LogP contribution in [0, 0.1) is 13.8 Å². The predicted octanol–water partition coefficient (Wildman–Crippen LogP) is 3.96. The van der Waals surface area contributed by atoms with E-state index in [0.29, 0.717) is 0 Å². The summed E-state index contributed by atoms with van der Waals surface area (Å²) in [5, 5.41) is 2.98. The van der Waals surface area contributed by atoms with Gasteiger partial charge in [-0.25, -0.2) is 0 Å². The van der Waals surface area contributed by atoms with Gasteiger partial charge in [0.25, 0.3) is 5.91 Å². The zero-order valence-corrected chi connectivity index (χ0v) is 14.9. The fourth-order valence-electron chi connectivity index (χ4n) is 2.40. The topological polar surface area (TPSA) is 47.6 Å². The van der Waals surface area contributed by atoms with Crippen molar-refractivity contribution in [1.29, 1.82) is 0 Å². The van der Waals surface area contributed by atoms with Crippen molar-refractivity contribution in [1.82, 2.24) is 5.32 Å². The third-order valence-electron chi connectivity index (χ3n) is 4.20. The summed E-state index contributed by atoms with van der Waals surface area (Å²) >= 11 is 0. The summed E-state index contributed by atoms with van der Waals surface area (Å²) in [6.45, 7) is 7.73. The van der Waals surface area contributed by atoms with Gasteiger partial charge in [-0.1, -0.05) is 24.3 Å². The molecule has 1 amide bonds. The van der Waals surface area contributed by atoms with Gasteiger partial charge in [-0.15, -0.1) is 0 Å². The number of hydrogen-bond donors (Lipinski definition) is 1. The van der Waals surface area contributed by atoms with Crippen LogP contribution < -0.4 is 14.8 Å². The Balaban J connectivity index is 1.98. The Bertz CT molecular complexity index is 695. The Morgan fingerprint density at radius 3 is 2.33 bits per heavy atom. The van der Waals surface area contributed by atoms with Crippen LogP contribution in [0.3, 0.4) is 0 Å². The van der Waals surface area contributed by atoms with E-state index in [1.54, 1.807) is 14.0 Å². The molecule has 2 rings (SSSR count). The third-order valence-corrected chi connectivity index (χ3v) is 4.20. The van der Waals surface area contributed by atoms with Crippen molar-refractivity contribution in [3.8, 4) is 11.5 Å². The van der Waals surface area contributed by atoms with Gasteiger partial charge in [0.15, 0.2) is 6.10 Å². The van der Waals surface area contributed by atoms with E-state index in [9.17, 15) is 4.79 Å². The highest BCUT2D eigenvalue weighted by molar-refractivity contribution is 5.81. The average molecular weight is 327 g/mol. The number of benzene rings is 2. The smallest absolute Gasteiger partial charge is 0.261 e. The van der Waals surface area contributed by atoms with E-state index in [0.717, 1.165) is 28.2 Å². The van der Waals surface area contributed by atoms with Gasteiger partial charge in [0, 0.05) is 0 Å². The molecule has 2 atom stereocenters. The normalized spacial score (nSPS) is 13.0. The highest BCUT2D eigenvalue weighted by atomic mass is 16.5. The molecule has 0 aliphatic heterocycles. The molecule has 4 nitrogen and oxygen atoms in total. The first-order valence-corrected chi connectivity index (χ1v) is 8.09. The Labute approximate surface area is 143 Å². The summed E-state index contributed by atoms with van der Waals surface area (Å²) in [7, 11) is 1.63. The maximum Gasteiger partial charge on any atom is 0.261 e. The molecule has 128 valence electrons. The molecule has 2 aromatic carbocycles. The molecule has 2 aromatic rings. The molecule has 0 bridgehead atoms. The summed E-state index contributed by atoms with van der Waals surface area (Å²) in [5.74, 6) is 1.40. The summed E-state index contributed by atoms with van der Waals surface area (Å²) < 4.78 is 11.0. The van der Waals surface area contributed by atoms with E-state index in [4.69, 9.17) is 9.47 Å². The Hall–Kier alpha value is -2.49. The maximum atomic E-state index is 12.4. The molecule has 0 aromatic heterocycles. The Morgan fingerprint density at radius 1 is 1.04 bits per heavy atom. The molecule has 0 radical (unpaired) electrons. The van der Waals surface area contributed by atoms with Crippen LogP contribution in [0.2, 0.25) is 0 Å². The molecule has 0 saturated heterocycles. The van der Waals surface area contributed by atoms with Gasteiger partial charge in [-0.3, -0.25) is 4.79 Å². The van der Waals surface area contributed by atoms with Gasteiger partial charge in [0.05, 0.1) is 13.2 Å². The van der Waals surface area contributed by atoms with Crippen molar-refractivity contribution in [3.63, 3.8) is 0 Å². The van der Waals surface area contributed by atoms with Crippen LogP contribution in [0.15, 0.2) is 42.5 Å². The first-order chi connectivity index (χ1) is 11.4. The third kappa shape index (κ3) is 4.28. The first kappa shape index (κ1) is 17.9. The average Bonchev–Trinajstić information content (AvgIpc) is 2.58. The van der Waals surface area contributed by atoms with Gasteiger partial charge in [-0.05, 0) is 62.6 Å². The quantitative estimate of drug-likeness (QED) is 0.874. The number of carbonyl (C=O) groups is 1. The second-order valence-corrected chi connectivity index (χ2v) is 5.96. The molecule has 24 heavy (non-hydrogen) atoms. The van der Waals surface area contributed by atoms with Gasteiger partial charge in [0.1, 0.15) is 11.5 Å². The van der Waals surface area contributed by atoms with Crippen LogP contribution >= 0.6 is 0 Å². The SMILES string of the molecule is COc1ccc([C@@H](C)NC(=O)[C@H](C)Oc2cccc(C)c2C)cc1. The van der Waals surface area contributed by atoms with E-state index >= 15 is 0 Å². The molecule has 4 heteroatoms. The van der Waals surface area contributed by atoms with Crippen molar-refractivity contribution in [2.75, 3.05) is 7.11 Å². The molecule has 0 unspecified atom stereocenters. The standard InChI is InChI=1S/C20H25NO3/c1-13-7-6-8-19(14(13)2)24-16(4)20(22)21-15(3)17-9-11-18(23-5)12-10-17/h6-12,15-16H,1-5H3,(H,21,22)/t15-,16+/m1/s1. The van der Waals surface area contributed by atoms with Crippen molar-refractivity contribution < 1.29 is 14.3 Å². The number of methoxy groups -OCH3 is 1. The lowest BCUT2D eigenvalue weighted by Gasteiger charge is -2.20. The Morgan fingerprint density at radius 2 is 1.71 bits per heavy atom. The molecule has 0 saturated carbocycles. The van der Waals surface area contributed by atoms with E-state index in [-0.39, 0.29) is 11.9 Å². The minimum Gasteiger partial charge on any atom is -0.497 e. The monoisotopic (exact) mass is 327 g/mol. The van der Waals surface area contributed by atoms with E-state index < -0.39 is 6.10 Å². The molecule has 0 heterocycles. The lowest BCUT2D eigenvalue weighted by molar-refractivity contribution is -0.127. The largest absolute Gasteiger partial charge is 0.497 e. The lowest BCUT2D eigenvalue weighted by Crippen LogP contribution is -2.37. The number of carbonyl (C=O) groups excluding carboxylic acids is 1. The summed E-state index contributed by atoms with van der Waals surface area (Å²) in [6.07, 6.45) is -0.564. The fourth-order valence-corrected chi connectivity index (χ4v) is 2.40. The van der Waals surface area contributed by atoms with E-state index in [1.807, 2.05) is 63.2 Å². The van der Waals surface area contributed by atoms with Crippen molar-refractivity contribution in [3.05, 3.63) is 59.2 Å². The molecule has 1 N–H and O–H groups in total. The minimum absolute atomic E-state index is 0.104. The number of hydrogen-bond acceptors (Lipinski definition) is 3. The number of rotatable bonds is 6. The number of ether oxygens (including phenoxy) is 2. The lowest BCUT2D eigenvalue weighted by atomic mass is 10.1. The van der Waals surface area contributed by atoms with Crippen LogP contribution in [0.1, 0.15) is 36.6 Å². The zero-order valence-electron chi connectivity index (χ0n) is 14.9. The van der Waals surface area contributed by atoms with Crippen molar-refractivity contribution in [2.45, 2.75) is 39.8 Å². The Kier molecular flexibility index (Phi) is 5.85. The molecule has 0 fully saturated rings. The molecule has 0 aliphatic rings. The zero-order chi connectivity index (χ0) is 17.7. The van der Waals surface area contributed by atoms with Crippen LogP contribution in [-0.4, -0.2) is 19.1 Å². The van der Waals surface area contributed by atoms with Crippen molar-refractivity contribution in [2.24, 2.45) is 0 Å². The maximum absolute atomic E-state index is 12.4. The second-order valence-electron chi connectivity index (χ2n) is 5.96. The molecular weight excluding hydrogens is 302 g/mol.